The first kappa shape index (κ1) is 17.5. The Morgan fingerprint density at radius 3 is 2.43 bits per heavy atom. The van der Waals surface area contributed by atoms with Crippen LogP contribution in [0.1, 0.15) is 0 Å². The van der Waals surface area contributed by atoms with Crippen molar-refractivity contribution in [3.05, 3.63) is 101 Å². The van der Waals surface area contributed by atoms with Gasteiger partial charge in [-0.05, 0) is 36.4 Å². The van der Waals surface area contributed by atoms with Crippen LogP contribution in [0.3, 0.4) is 0 Å². The van der Waals surface area contributed by atoms with Gasteiger partial charge in [0.15, 0.2) is 11.2 Å². The molecule has 0 aliphatic rings. The molecule has 4 rings (SSSR count). The number of carbonyl (C=O) groups excluding carboxylic acids is 1. The van der Waals surface area contributed by atoms with Crippen LogP contribution >= 0.6 is 0 Å². The van der Waals surface area contributed by atoms with E-state index < -0.39 is 0 Å². The summed E-state index contributed by atoms with van der Waals surface area (Å²) in [5.74, 6) is 1.04. The Hall–Kier alpha value is -3.86. The summed E-state index contributed by atoms with van der Waals surface area (Å²) in [6.45, 7) is 0.0838. The number of carbonyl (C=O) groups is 1. The summed E-state index contributed by atoms with van der Waals surface area (Å²) in [4.78, 5) is 24.6. The Morgan fingerprint density at radius 2 is 1.57 bits per heavy atom. The molecule has 0 saturated heterocycles. The highest BCUT2D eigenvalue weighted by Gasteiger charge is 2.10. The van der Waals surface area contributed by atoms with Crippen LogP contribution in [0.2, 0.25) is 0 Å². The molecule has 28 heavy (non-hydrogen) atoms. The van der Waals surface area contributed by atoms with Gasteiger partial charge in [-0.3, -0.25) is 9.59 Å². The standard InChI is InChI=1S/C23H18N2O3/c26-21-14-15-25(20-12-6-4-10-18(20)21)16-23(27)24-19-11-5-7-13-22(19)28-17-8-2-1-3-9-17/h1-15H,16H2,(H,24,27). The fourth-order valence-electron chi connectivity index (χ4n) is 3.02. The molecule has 0 fully saturated rings. The number of nitrogens with zero attached hydrogens (tertiary/aromatic N) is 1. The number of anilines is 1. The van der Waals surface area contributed by atoms with Crippen LogP contribution in [0.4, 0.5) is 5.69 Å². The van der Waals surface area contributed by atoms with E-state index in [0.29, 0.717) is 22.6 Å². The summed E-state index contributed by atoms with van der Waals surface area (Å²) in [5.41, 5.74) is 1.24. The topological polar surface area (TPSA) is 60.3 Å². The van der Waals surface area contributed by atoms with E-state index >= 15 is 0 Å². The van der Waals surface area contributed by atoms with Gasteiger partial charge in [0, 0.05) is 17.6 Å². The van der Waals surface area contributed by atoms with Crippen LogP contribution < -0.4 is 15.5 Å². The van der Waals surface area contributed by atoms with Gasteiger partial charge in [-0.1, -0.05) is 42.5 Å². The lowest BCUT2D eigenvalue weighted by molar-refractivity contribution is -0.116. The van der Waals surface area contributed by atoms with Crippen molar-refractivity contribution in [2.45, 2.75) is 6.54 Å². The van der Waals surface area contributed by atoms with Gasteiger partial charge in [-0.2, -0.15) is 0 Å². The lowest BCUT2D eigenvalue weighted by atomic mass is 10.2. The van der Waals surface area contributed by atoms with Crippen LogP contribution in [0.5, 0.6) is 11.5 Å². The molecule has 1 aromatic heterocycles. The molecule has 1 N–H and O–H groups in total. The number of ether oxygens (including phenoxy) is 1. The van der Waals surface area contributed by atoms with Crippen LogP contribution in [0, 0.1) is 0 Å². The number of fused-ring (bicyclic) bond motifs is 1. The van der Waals surface area contributed by atoms with Gasteiger partial charge in [-0.25, -0.2) is 0 Å². The molecule has 138 valence electrons. The average molecular weight is 370 g/mol. The van der Waals surface area contributed by atoms with Gasteiger partial charge in [0.2, 0.25) is 5.91 Å². The second kappa shape index (κ2) is 7.80. The number of aromatic nitrogens is 1. The Bertz CT molecular complexity index is 1180. The van der Waals surface area contributed by atoms with E-state index in [1.54, 1.807) is 29.0 Å². The van der Waals surface area contributed by atoms with E-state index in [-0.39, 0.29) is 17.9 Å². The van der Waals surface area contributed by atoms with E-state index in [1.165, 1.54) is 6.07 Å². The maximum absolute atomic E-state index is 12.6. The van der Waals surface area contributed by atoms with Crippen molar-refractivity contribution in [3.63, 3.8) is 0 Å². The maximum Gasteiger partial charge on any atom is 0.244 e. The Kier molecular flexibility index (Phi) is 4.89. The molecule has 4 aromatic rings. The SMILES string of the molecule is O=C(Cn1ccc(=O)c2ccccc21)Nc1ccccc1Oc1ccccc1. The third-order valence-electron chi connectivity index (χ3n) is 4.33. The summed E-state index contributed by atoms with van der Waals surface area (Å²) >= 11 is 0. The molecule has 0 aliphatic carbocycles. The van der Waals surface area contributed by atoms with Gasteiger partial charge in [0.05, 0.1) is 11.2 Å². The number of benzene rings is 3. The fraction of sp³-hybridized carbons (Fsp3) is 0.0435. The molecule has 3 aromatic carbocycles. The van der Waals surface area contributed by atoms with Crippen molar-refractivity contribution in [1.29, 1.82) is 0 Å². The normalized spacial score (nSPS) is 10.6. The quantitative estimate of drug-likeness (QED) is 0.565. The average Bonchev–Trinajstić information content (AvgIpc) is 2.73. The zero-order valence-electron chi connectivity index (χ0n) is 15.0. The molecule has 0 unspecified atom stereocenters. The van der Waals surface area contributed by atoms with E-state index in [0.717, 1.165) is 5.52 Å². The zero-order valence-corrected chi connectivity index (χ0v) is 15.0. The minimum Gasteiger partial charge on any atom is -0.455 e. The maximum atomic E-state index is 12.6. The summed E-state index contributed by atoms with van der Waals surface area (Å²) in [6, 6.07) is 25.4. The van der Waals surface area contributed by atoms with Gasteiger partial charge >= 0.3 is 0 Å². The molecule has 0 bridgehead atoms. The largest absolute Gasteiger partial charge is 0.455 e. The number of hydrogen-bond donors (Lipinski definition) is 1. The van der Waals surface area contributed by atoms with E-state index in [4.69, 9.17) is 4.74 Å². The number of rotatable bonds is 5. The number of pyridine rings is 1. The first-order valence-corrected chi connectivity index (χ1v) is 8.91. The lowest BCUT2D eigenvalue weighted by Gasteiger charge is -2.14. The van der Waals surface area contributed by atoms with Crippen molar-refractivity contribution in [2.24, 2.45) is 0 Å². The van der Waals surface area contributed by atoms with Crippen LogP contribution in [0.25, 0.3) is 10.9 Å². The summed E-state index contributed by atoms with van der Waals surface area (Å²) < 4.78 is 7.64. The highest BCUT2D eigenvalue weighted by atomic mass is 16.5. The number of amides is 1. The Morgan fingerprint density at radius 1 is 0.857 bits per heavy atom. The molecular formula is C23H18N2O3. The molecule has 0 radical (unpaired) electrons. The summed E-state index contributed by atoms with van der Waals surface area (Å²) in [6.07, 6.45) is 1.64. The minimum absolute atomic E-state index is 0.0612. The van der Waals surface area contributed by atoms with Crippen molar-refractivity contribution in [1.82, 2.24) is 4.57 Å². The van der Waals surface area contributed by atoms with Gasteiger partial charge in [0.25, 0.3) is 0 Å². The highest BCUT2D eigenvalue weighted by molar-refractivity contribution is 5.93. The lowest BCUT2D eigenvalue weighted by Crippen LogP contribution is -2.20. The van der Waals surface area contributed by atoms with Gasteiger partial charge in [-0.15, -0.1) is 0 Å². The van der Waals surface area contributed by atoms with Gasteiger partial charge < -0.3 is 14.6 Å². The number of hydrogen-bond acceptors (Lipinski definition) is 3. The Balaban J connectivity index is 1.55. The molecule has 0 saturated carbocycles. The number of nitrogens with one attached hydrogen (secondary N) is 1. The minimum atomic E-state index is -0.210. The second-order valence-electron chi connectivity index (χ2n) is 6.28. The first-order valence-electron chi connectivity index (χ1n) is 8.91. The fourth-order valence-corrected chi connectivity index (χ4v) is 3.02. The van der Waals surface area contributed by atoms with Crippen molar-refractivity contribution in [2.75, 3.05) is 5.32 Å². The van der Waals surface area contributed by atoms with E-state index in [2.05, 4.69) is 5.32 Å². The molecule has 1 amide bonds. The Labute approximate surface area is 161 Å². The van der Waals surface area contributed by atoms with Crippen molar-refractivity contribution in [3.8, 4) is 11.5 Å². The third-order valence-corrected chi connectivity index (χ3v) is 4.33. The van der Waals surface area contributed by atoms with Crippen LogP contribution in [0.15, 0.2) is 95.9 Å². The van der Waals surface area contributed by atoms with Crippen LogP contribution in [-0.4, -0.2) is 10.5 Å². The van der Waals surface area contributed by atoms with Crippen molar-refractivity contribution >= 4 is 22.5 Å². The van der Waals surface area contributed by atoms with E-state index in [9.17, 15) is 9.59 Å². The van der Waals surface area contributed by atoms with E-state index in [1.807, 2.05) is 60.7 Å². The summed E-state index contributed by atoms with van der Waals surface area (Å²) in [5, 5.41) is 3.48. The highest BCUT2D eigenvalue weighted by Crippen LogP contribution is 2.29. The predicted molar refractivity (Wildman–Crippen MR) is 110 cm³/mol. The second-order valence-corrected chi connectivity index (χ2v) is 6.28. The summed E-state index contributed by atoms with van der Waals surface area (Å²) in [7, 11) is 0. The van der Waals surface area contributed by atoms with Crippen LogP contribution in [-0.2, 0) is 11.3 Å². The monoisotopic (exact) mass is 370 g/mol. The molecule has 0 spiro atoms. The van der Waals surface area contributed by atoms with Gasteiger partial charge in [0.1, 0.15) is 12.3 Å². The molecule has 1 heterocycles. The molecule has 5 heteroatoms. The third kappa shape index (κ3) is 3.78. The number of para-hydroxylation sites is 4. The molecular weight excluding hydrogens is 352 g/mol. The molecule has 0 aliphatic heterocycles. The molecule has 0 atom stereocenters. The first-order chi connectivity index (χ1) is 13.7. The molecule has 5 nitrogen and oxygen atoms in total. The van der Waals surface area contributed by atoms with Crippen molar-refractivity contribution < 1.29 is 9.53 Å². The zero-order chi connectivity index (χ0) is 19.3. The predicted octanol–water partition coefficient (Wildman–Crippen LogP) is 4.43. The smallest absolute Gasteiger partial charge is 0.244 e.